The summed E-state index contributed by atoms with van der Waals surface area (Å²) in [5.74, 6) is 0.756. The van der Waals surface area contributed by atoms with E-state index in [-0.39, 0.29) is 18.0 Å². The van der Waals surface area contributed by atoms with Gasteiger partial charge in [-0.05, 0) is 67.3 Å². The Kier molecular flexibility index (Phi) is 6.18. The number of benzene rings is 3. The molecule has 0 spiro atoms. The van der Waals surface area contributed by atoms with Crippen molar-refractivity contribution in [1.82, 2.24) is 4.98 Å². The summed E-state index contributed by atoms with van der Waals surface area (Å²) in [5.41, 5.74) is 4.33. The average Bonchev–Trinajstić information content (AvgIpc) is 2.82. The van der Waals surface area contributed by atoms with E-state index in [1.807, 2.05) is 62.4 Å². The zero-order chi connectivity index (χ0) is 23.5. The molecule has 0 saturated carbocycles. The van der Waals surface area contributed by atoms with Crippen LogP contribution in [0.2, 0.25) is 0 Å². The fourth-order valence-corrected chi connectivity index (χ4v) is 3.78. The number of rotatable bonds is 6. The Bertz CT molecular complexity index is 1370. The molecule has 0 fully saturated rings. The van der Waals surface area contributed by atoms with Crippen LogP contribution in [0.25, 0.3) is 10.9 Å². The van der Waals surface area contributed by atoms with Crippen molar-refractivity contribution in [2.75, 3.05) is 19.1 Å². The number of hydrogen-bond acceptors (Lipinski definition) is 4. The van der Waals surface area contributed by atoms with E-state index < -0.39 is 0 Å². The number of fused-ring (bicyclic) bond motifs is 1. The van der Waals surface area contributed by atoms with Crippen molar-refractivity contribution in [2.24, 2.45) is 0 Å². The summed E-state index contributed by atoms with van der Waals surface area (Å²) in [6, 6.07) is 20.4. The summed E-state index contributed by atoms with van der Waals surface area (Å²) in [6.45, 7) is 4.09. The molecule has 33 heavy (non-hydrogen) atoms. The number of aromatic amines is 1. The van der Waals surface area contributed by atoms with Crippen molar-refractivity contribution >= 4 is 22.5 Å². The number of anilines is 1. The Hall–Kier alpha value is -4.06. The van der Waals surface area contributed by atoms with Gasteiger partial charge < -0.3 is 19.4 Å². The highest BCUT2D eigenvalue weighted by Gasteiger charge is 2.21. The maximum Gasteiger partial charge on any atom is 0.258 e. The molecule has 4 rings (SSSR count). The van der Waals surface area contributed by atoms with Crippen molar-refractivity contribution in [3.63, 3.8) is 0 Å². The van der Waals surface area contributed by atoms with Gasteiger partial charge in [0, 0.05) is 22.3 Å². The highest BCUT2D eigenvalue weighted by atomic mass is 16.5. The van der Waals surface area contributed by atoms with E-state index >= 15 is 0 Å². The molecular weight excluding hydrogens is 416 g/mol. The Balaban J connectivity index is 1.78. The Labute approximate surface area is 192 Å². The summed E-state index contributed by atoms with van der Waals surface area (Å²) in [6.07, 6.45) is 0. The molecule has 6 heteroatoms. The van der Waals surface area contributed by atoms with Gasteiger partial charge in [0.25, 0.3) is 11.5 Å². The number of aromatic nitrogens is 1. The van der Waals surface area contributed by atoms with Gasteiger partial charge in [0.05, 0.1) is 20.8 Å². The largest absolute Gasteiger partial charge is 0.493 e. The Morgan fingerprint density at radius 3 is 2.24 bits per heavy atom. The molecule has 0 aliphatic heterocycles. The van der Waals surface area contributed by atoms with Crippen molar-refractivity contribution in [3.05, 3.63) is 99.3 Å². The first kappa shape index (κ1) is 22.1. The molecule has 0 saturated heterocycles. The van der Waals surface area contributed by atoms with Crippen LogP contribution in [0.4, 0.5) is 5.69 Å². The predicted octanol–water partition coefficient (Wildman–Crippen LogP) is 5.01. The number of ether oxygens (including phenoxy) is 2. The van der Waals surface area contributed by atoms with Gasteiger partial charge in [0.2, 0.25) is 0 Å². The molecule has 0 aliphatic rings. The van der Waals surface area contributed by atoms with E-state index in [1.54, 1.807) is 30.2 Å². The first-order valence-corrected chi connectivity index (χ1v) is 10.6. The minimum atomic E-state index is -0.247. The number of pyridine rings is 1. The van der Waals surface area contributed by atoms with Crippen molar-refractivity contribution in [1.29, 1.82) is 0 Å². The van der Waals surface area contributed by atoms with Crippen LogP contribution in [-0.2, 0) is 6.54 Å². The van der Waals surface area contributed by atoms with Crippen molar-refractivity contribution in [3.8, 4) is 11.5 Å². The van der Waals surface area contributed by atoms with E-state index in [2.05, 4.69) is 4.98 Å². The van der Waals surface area contributed by atoms with Crippen LogP contribution < -0.4 is 19.9 Å². The van der Waals surface area contributed by atoms with Gasteiger partial charge in [0.15, 0.2) is 11.5 Å². The lowest BCUT2D eigenvalue weighted by atomic mass is 10.1. The maximum atomic E-state index is 13.6. The normalized spacial score (nSPS) is 10.8. The lowest BCUT2D eigenvalue weighted by Crippen LogP contribution is -2.33. The van der Waals surface area contributed by atoms with Gasteiger partial charge in [-0.2, -0.15) is 0 Å². The summed E-state index contributed by atoms with van der Waals surface area (Å²) >= 11 is 0. The van der Waals surface area contributed by atoms with E-state index in [9.17, 15) is 9.59 Å². The van der Waals surface area contributed by atoms with Crippen LogP contribution in [0.5, 0.6) is 11.5 Å². The first-order chi connectivity index (χ1) is 15.9. The SMILES string of the molecule is COc1ccc(C(=O)N(Cc2cc3ccc(C)cc3[nH]c2=O)c2ccc(C)cc2)cc1OC. The zero-order valence-corrected chi connectivity index (χ0v) is 19.1. The summed E-state index contributed by atoms with van der Waals surface area (Å²) in [7, 11) is 3.08. The molecule has 0 bridgehead atoms. The molecule has 1 heterocycles. The van der Waals surface area contributed by atoms with Crippen LogP contribution in [0.3, 0.4) is 0 Å². The molecule has 1 aromatic heterocycles. The van der Waals surface area contributed by atoms with E-state index in [0.29, 0.717) is 28.3 Å². The second-order valence-corrected chi connectivity index (χ2v) is 8.01. The second kappa shape index (κ2) is 9.20. The molecule has 168 valence electrons. The number of methoxy groups -OCH3 is 2. The van der Waals surface area contributed by atoms with Gasteiger partial charge in [-0.15, -0.1) is 0 Å². The summed E-state index contributed by atoms with van der Waals surface area (Å²) < 4.78 is 10.7. The number of carbonyl (C=O) groups excluding carboxylic acids is 1. The third-order valence-corrected chi connectivity index (χ3v) is 5.63. The van der Waals surface area contributed by atoms with Crippen LogP contribution in [0, 0.1) is 13.8 Å². The smallest absolute Gasteiger partial charge is 0.258 e. The molecule has 4 aromatic rings. The van der Waals surface area contributed by atoms with E-state index in [0.717, 1.165) is 22.0 Å². The first-order valence-electron chi connectivity index (χ1n) is 10.6. The van der Waals surface area contributed by atoms with Gasteiger partial charge in [0.1, 0.15) is 0 Å². The molecule has 1 amide bonds. The maximum absolute atomic E-state index is 13.6. The molecule has 0 atom stereocenters. The fourth-order valence-electron chi connectivity index (χ4n) is 3.78. The number of carbonyl (C=O) groups is 1. The van der Waals surface area contributed by atoms with Gasteiger partial charge >= 0.3 is 0 Å². The molecule has 1 N–H and O–H groups in total. The molecule has 3 aromatic carbocycles. The number of nitrogens with zero attached hydrogens (tertiary/aromatic N) is 1. The molecule has 0 radical (unpaired) electrons. The number of amides is 1. The predicted molar refractivity (Wildman–Crippen MR) is 131 cm³/mol. The third-order valence-electron chi connectivity index (χ3n) is 5.63. The Morgan fingerprint density at radius 2 is 1.55 bits per heavy atom. The minimum Gasteiger partial charge on any atom is -0.493 e. The van der Waals surface area contributed by atoms with Crippen LogP contribution in [0.1, 0.15) is 27.0 Å². The highest BCUT2D eigenvalue weighted by molar-refractivity contribution is 6.06. The topological polar surface area (TPSA) is 71.6 Å². The van der Waals surface area contributed by atoms with Gasteiger partial charge in [-0.1, -0.05) is 29.8 Å². The summed E-state index contributed by atoms with van der Waals surface area (Å²) in [4.78, 5) is 31.1. The quantitative estimate of drug-likeness (QED) is 0.456. The van der Waals surface area contributed by atoms with Crippen molar-refractivity contribution in [2.45, 2.75) is 20.4 Å². The van der Waals surface area contributed by atoms with Crippen LogP contribution in [0.15, 0.2) is 71.5 Å². The standard InChI is InChI=1S/C27H26N2O4/c1-17-6-10-22(11-7-17)29(27(31)20-9-12-24(32-3)25(15-20)33-4)16-21-14-19-8-5-18(2)13-23(19)28-26(21)30/h5-15H,16H2,1-4H3,(H,28,30). The lowest BCUT2D eigenvalue weighted by Gasteiger charge is -2.23. The number of aryl methyl sites for hydroxylation is 2. The summed E-state index contributed by atoms with van der Waals surface area (Å²) in [5, 5.41) is 0.914. The number of nitrogens with one attached hydrogen (secondary N) is 1. The molecule has 0 unspecified atom stereocenters. The highest BCUT2D eigenvalue weighted by Crippen LogP contribution is 2.29. The number of H-pyrrole nitrogens is 1. The fraction of sp³-hybridized carbons (Fsp3) is 0.185. The van der Waals surface area contributed by atoms with Crippen LogP contribution in [-0.4, -0.2) is 25.1 Å². The molecule has 6 nitrogen and oxygen atoms in total. The minimum absolute atomic E-state index is 0.120. The van der Waals surface area contributed by atoms with Crippen molar-refractivity contribution < 1.29 is 14.3 Å². The second-order valence-electron chi connectivity index (χ2n) is 8.01. The number of hydrogen-bond donors (Lipinski definition) is 1. The molecule has 0 aliphatic carbocycles. The monoisotopic (exact) mass is 442 g/mol. The van der Waals surface area contributed by atoms with Gasteiger partial charge in [-0.3, -0.25) is 9.59 Å². The average molecular weight is 443 g/mol. The molecular formula is C27H26N2O4. The van der Waals surface area contributed by atoms with Crippen LogP contribution >= 0.6 is 0 Å². The third kappa shape index (κ3) is 4.60. The van der Waals surface area contributed by atoms with E-state index in [4.69, 9.17) is 9.47 Å². The Morgan fingerprint density at radius 1 is 0.848 bits per heavy atom. The zero-order valence-electron chi connectivity index (χ0n) is 19.1. The lowest BCUT2D eigenvalue weighted by molar-refractivity contribution is 0.0984. The van der Waals surface area contributed by atoms with Gasteiger partial charge in [-0.25, -0.2) is 0 Å². The van der Waals surface area contributed by atoms with E-state index in [1.165, 1.54) is 7.11 Å².